The van der Waals surface area contributed by atoms with Crippen molar-refractivity contribution in [2.24, 2.45) is 17.3 Å². The van der Waals surface area contributed by atoms with Gasteiger partial charge in [-0.05, 0) is 46.6 Å². The van der Waals surface area contributed by atoms with Crippen molar-refractivity contribution in [3.63, 3.8) is 0 Å². The Hall–Kier alpha value is -1.43. The molecule has 2 saturated heterocycles. The summed E-state index contributed by atoms with van der Waals surface area (Å²) in [7, 11) is 0. The highest BCUT2D eigenvalue weighted by molar-refractivity contribution is 5.81. The van der Waals surface area contributed by atoms with E-state index in [0.29, 0.717) is 24.3 Å². The van der Waals surface area contributed by atoms with Gasteiger partial charge in [-0.1, -0.05) is 52.0 Å². The molecule has 28 heavy (non-hydrogen) atoms. The smallest absolute Gasteiger partial charge is 0.225 e. The number of hydrogen-bond donors (Lipinski definition) is 2. The summed E-state index contributed by atoms with van der Waals surface area (Å²) in [6, 6.07) is 9.06. The van der Waals surface area contributed by atoms with Gasteiger partial charge in [-0.3, -0.25) is 10.1 Å². The van der Waals surface area contributed by atoms with Crippen LogP contribution in [-0.4, -0.2) is 47.6 Å². The monoisotopic (exact) mass is 384 g/mol. The predicted octanol–water partition coefficient (Wildman–Crippen LogP) is 2.59. The number of rotatable bonds is 2. The maximum atomic E-state index is 13.0. The number of aliphatic hydroxyl groups excluding tert-OH is 1. The van der Waals surface area contributed by atoms with Gasteiger partial charge in [0.05, 0.1) is 6.61 Å². The number of piperidine rings is 1. The zero-order valence-corrected chi connectivity index (χ0v) is 17.4. The fourth-order valence-corrected chi connectivity index (χ4v) is 6.02. The van der Waals surface area contributed by atoms with Crippen molar-refractivity contribution in [3.8, 4) is 0 Å². The average molecular weight is 385 g/mol. The van der Waals surface area contributed by atoms with E-state index in [2.05, 4.69) is 62.2 Å². The van der Waals surface area contributed by atoms with Gasteiger partial charge in [0.15, 0.2) is 0 Å². The van der Waals surface area contributed by atoms with E-state index < -0.39 is 6.41 Å². The largest absolute Gasteiger partial charge is 0.356 e. The Morgan fingerprint density at radius 3 is 2.64 bits per heavy atom. The molecule has 2 saturated carbocycles. The van der Waals surface area contributed by atoms with Crippen molar-refractivity contribution < 1.29 is 14.6 Å². The van der Waals surface area contributed by atoms with Crippen LogP contribution in [0.3, 0.4) is 0 Å². The van der Waals surface area contributed by atoms with Crippen LogP contribution in [0.4, 0.5) is 0 Å². The molecular formula is C23H32N2O3. The average Bonchev–Trinajstić information content (AvgIpc) is 2.90. The summed E-state index contributed by atoms with van der Waals surface area (Å²) in [4.78, 5) is 15.1. The third-order valence-corrected chi connectivity index (χ3v) is 7.79. The lowest BCUT2D eigenvalue weighted by molar-refractivity contribution is -0.141. The SMILES string of the molecule is CC(C)(C)c1cccc([C@H]2[C@@H]3CN(C(=O)C4CC5(COC(O)N5)C4)C[C@@]32C)c1. The van der Waals surface area contributed by atoms with E-state index >= 15 is 0 Å². The zero-order chi connectivity index (χ0) is 19.9. The minimum absolute atomic E-state index is 0.0742. The van der Waals surface area contributed by atoms with Crippen LogP contribution >= 0.6 is 0 Å². The molecule has 1 amide bonds. The molecule has 4 atom stereocenters. The van der Waals surface area contributed by atoms with Crippen molar-refractivity contribution in [2.45, 2.75) is 63.8 Å². The maximum absolute atomic E-state index is 13.0. The van der Waals surface area contributed by atoms with Crippen molar-refractivity contribution in [1.29, 1.82) is 0 Å². The molecule has 1 aromatic carbocycles. The molecule has 0 aromatic heterocycles. The summed E-state index contributed by atoms with van der Waals surface area (Å²) in [6.07, 6.45) is 0.675. The first-order valence-electron chi connectivity index (χ1n) is 10.6. The zero-order valence-electron chi connectivity index (χ0n) is 17.4. The van der Waals surface area contributed by atoms with Gasteiger partial charge in [-0.2, -0.15) is 0 Å². The molecule has 5 nitrogen and oxygen atoms in total. The normalized spacial score (nSPS) is 41.8. The topological polar surface area (TPSA) is 61.8 Å². The third-order valence-electron chi connectivity index (χ3n) is 7.79. The molecule has 1 unspecified atom stereocenters. The fourth-order valence-electron chi connectivity index (χ4n) is 6.02. The first kappa shape index (κ1) is 18.6. The molecule has 1 spiro atoms. The maximum Gasteiger partial charge on any atom is 0.225 e. The predicted molar refractivity (Wildman–Crippen MR) is 107 cm³/mol. The molecular weight excluding hydrogens is 352 g/mol. The number of benzene rings is 1. The van der Waals surface area contributed by atoms with E-state index in [-0.39, 0.29) is 22.3 Å². The third kappa shape index (κ3) is 2.74. The van der Waals surface area contributed by atoms with Crippen LogP contribution in [0.25, 0.3) is 0 Å². The summed E-state index contributed by atoms with van der Waals surface area (Å²) in [5.74, 6) is 1.52. The summed E-state index contributed by atoms with van der Waals surface area (Å²) in [5.41, 5.74) is 3.03. The lowest BCUT2D eigenvalue weighted by Gasteiger charge is -2.44. The molecule has 2 aliphatic heterocycles. The molecule has 152 valence electrons. The van der Waals surface area contributed by atoms with Gasteiger partial charge >= 0.3 is 0 Å². The minimum atomic E-state index is -0.876. The molecule has 1 aromatic rings. The number of fused-ring (bicyclic) bond motifs is 1. The Kier molecular flexibility index (Phi) is 3.85. The fraction of sp³-hybridized carbons (Fsp3) is 0.696. The van der Waals surface area contributed by atoms with Crippen molar-refractivity contribution in [3.05, 3.63) is 35.4 Å². The number of hydrogen-bond acceptors (Lipinski definition) is 4. The van der Waals surface area contributed by atoms with Gasteiger partial charge in [-0.25, -0.2) is 0 Å². The van der Waals surface area contributed by atoms with Crippen molar-refractivity contribution in [1.82, 2.24) is 10.2 Å². The lowest BCUT2D eigenvalue weighted by atomic mass is 9.68. The van der Waals surface area contributed by atoms with Crippen LogP contribution in [-0.2, 0) is 14.9 Å². The molecule has 4 aliphatic rings. The van der Waals surface area contributed by atoms with Gasteiger partial charge in [0.1, 0.15) is 0 Å². The first-order chi connectivity index (χ1) is 13.1. The number of amides is 1. The second-order valence-electron chi connectivity index (χ2n) is 10.9. The van der Waals surface area contributed by atoms with E-state index in [4.69, 9.17) is 4.74 Å². The number of likely N-dealkylation sites (tertiary alicyclic amines) is 1. The molecule has 2 N–H and O–H groups in total. The highest BCUT2D eigenvalue weighted by Crippen LogP contribution is 2.68. The second kappa shape index (κ2) is 5.80. The van der Waals surface area contributed by atoms with Crippen LogP contribution in [0.5, 0.6) is 0 Å². The van der Waals surface area contributed by atoms with Crippen LogP contribution in [0.2, 0.25) is 0 Å². The van der Waals surface area contributed by atoms with Gasteiger partial charge in [-0.15, -0.1) is 0 Å². The number of carbonyl (C=O) groups is 1. The number of nitrogens with one attached hydrogen (secondary N) is 1. The van der Waals surface area contributed by atoms with Gasteiger partial charge in [0.25, 0.3) is 0 Å². The standard InChI is InChI=1S/C23H32N2O3/c1-21(2,3)16-7-5-6-14(8-16)18-17-11-25(12-22(17,18)4)19(26)15-9-23(10-15)13-28-20(27)24-23/h5-8,15,17-18,20,24,27H,9-13H2,1-4H3/t15?,17-,18-,20?,22-,23?/m0/s1. The Bertz CT molecular complexity index is 810. The molecule has 4 fully saturated rings. The lowest BCUT2D eigenvalue weighted by Crippen LogP contribution is -2.58. The highest BCUT2D eigenvalue weighted by atomic mass is 16.6. The second-order valence-corrected chi connectivity index (χ2v) is 10.9. The molecule has 2 heterocycles. The van der Waals surface area contributed by atoms with Gasteiger partial charge < -0.3 is 14.7 Å². The number of ether oxygens (including phenoxy) is 1. The summed E-state index contributed by atoms with van der Waals surface area (Å²) in [5, 5.41) is 12.6. The van der Waals surface area contributed by atoms with Crippen LogP contribution in [0, 0.1) is 17.3 Å². The van der Waals surface area contributed by atoms with E-state index in [1.54, 1.807) is 0 Å². The van der Waals surface area contributed by atoms with Crippen LogP contribution in [0.15, 0.2) is 24.3 Å². The Morgan fingerprint density at radius 1 is 1.32 bits per heavy atom. The molecule has 5 rings (SSSR count). The summed E-state index contributed by atoms with van der Waals surface area (Å²) < 4.78 is 5.22. The molecule has 5 heteroatoms. The molecule has 2 aliphatic carbocycles. The van der Waals surface area contributed by atoms with E-state index in [1.807, 2.05) is 0 Å². The molecule has 0 bridgehead atoms. The number of aliphatic hydroxyl groups is 1. The number of carbonyl (C=O) groups excluding carboxylic acids is 1. The summed E-state index contributed by atoms with van der Waals surface area (Å²) in [6.45, 7) is 11.4. The summed E-state index contributed by atoms with van der Waals surface area (Å²) >= 11 is 0. The Morgan fingerprint density at radius 2 is 2.07 bits per heavy atom. The van der Waals surface area contributed by atoms with Crippen molar-refractivity contribution in [2.75, 3.05) is 19.7 Å². The van der Waals surface area contributed by atoms with Crippen LogP contribution in [0.1, 0.15) is 57.6 Å². The minimum Gasteiger partial charge on any atom is -0.356 e. The van der Waals surface area contributed by atoms with E-state index in [0.717, 1.165) is 25.9 Å². The van der Waals surface area contributed by atoms with Crippen molar-refractivity contribution >= 4 is 5.91 Å². The van der Waals surface area contributed by atoms with E-state index in [1.165, 1.54) is 11.1 Å². The quantitative estimate of drug-likeness (QED) is 0.823. The van der Waals surface area contributed by atoms with Gasteiger partial charge in [0.2, 0.25) is 12.3 Å². The number of nitrogens with zero attached hydrogens (tertiary/aromatic N) is 1. The Balaban J connectivity index is 1.22. The van der Waals surface area contributed by atoms with Gasteiger partial charge in [0, 0.05) is 24.5 Å². The molecule has 0 radical (unpaired) electrons. The highest BCUT2D eigenvalue weighted by Gasteiger charge is 2.67. The van der Waals surface area contributed by atoms with Crippen LogP contribution < -0.4 is 5.32 Å². The first-order valence-corrected chi connectivity index (χ1v) is 10.6. The van der Waals surface area contributed by atoms with E-state index in [9.17, 15) is 9.90 Å². The Labute approximate surface area is 167 Å².